The minimum absolute atomic E-state index is 0.0227. The predicted octanol–water partition coefficient (Wildman–Crippen LogP) is 2.41. The Balaban J connectivity index is 2.30. The van der Waals surface area contributed by atoms with Crippen LogP contribution in [0.2, 0.25) is 0 Å². The topological polar surface area (TPSA) is 95.5 Å². The van der Waals surface area contributed by atoms with Gasteiger partial charge in [0.05, 0.1) is 21.4 Å². The van der Waals surface area contributed by atoms with Crippen molar-refractivity contribution in [2.24, 2.45) is 0 Å². The molecule has 0 spiro atoms. The Bertz CT molecular complexity index is 807. The van der Waals surface area contributed by atoms with Crippen LogP contribution in [0.15, 0.2) is 47.4 Å². The smallest absolute Gasteiger partial charge is 0.159 e. The highest BCUT2D eigenvalue weighted by Gasteiger charge is 2.11. The summed E-state index contributed by atoms with van der Waals surface area (Å²) < 4.78 is 41.5. The van der Waals surface area contributed by atoms with Crippen LogP contribution in [0.25, 0.3) is 0 Å². The van der Waals surface area contributed by atoms with E-state index in [9.17, 15) is 17.8 Å². The molecular weight excluding hydrogens is 350 g/mol. The molecule has 6 nitrogen and oxygen atoms in total. The molecule has 8 heteroatoms. The van der Waals surface area contributed by atoms with Crippen LogP contribution >= 0.6 is 0 Å². The second kappa shape index (κ2) is 8.18. The van der Waals surface area contributed by atoms with Crippen molar-refractivity contribution in [1.29, 1.82) is 0 Å². The van der Waals surface area contributed by atoms with Gasteiger partial charge in [0.1, 0.15) is 12.4 Å². The summed E-state index contributed by atoms with van der Waals surface area (Å²) in [5, 5.41) is 0. The van der Waals surface area contributed by atoms with Gasteiger partial charge in [-0.05, 0) is 37.3 Å². The zero-order valence-corrected chi connectivity index (χ0v) is 14.7. The third-order valence-corrected chi connectivity index (χ3v) is 4.59. The summed E-state index contributed by atoms with van der Waals surface area (Å²) >= 11 is -2.49. The van der Waals surface area contributed by atoms with Gasteiger partial charge in [-0.2, -0.15) is 0 Å². The average molecular weight is 366 g/mol. The number of para-hydroxylation sites is 1. The highest BCUT2D eigenvalue weighted by atomic mass is 32.2. The quantitative estimate of drug-likeness (QED) is 0.600. The van der Waals surface area contributed by atoms with Crippen LogP contribution in [0, 0.1) is 0 Å². The average Bonchev–Trinajstić information content (AvgIpc) is 2.53. The number of ketones is 1. The van der Waals surface area contributed by atoms with Crippen molar-refractivity contribution in [3.05, 3.63) is 53.6 Å². The highest BCUT2D eigenvalue weighted by molar-refractivity contribution is 7.84. The number of carbonyl (C=O) groups excluding carboxylic acids is 1. The Morgan fingerprint density at radius 3 is 2.54 bits per heavy atom. The molecule has 128 valence electrons. The van der Waals surface area contributed by atoms with Crippen molar-refractivity contribution in [3.8, 4) is 5.75 Å². The van der Waals surface area contributed by atoms with Crippen LogP contribution in [0.5, 0.6) is 5.75 Å². The summed E-state index contributed by atoms with van der Waals surface area (Å²) in [7, 11) is -1.22. The fourth-order valence-corrected chi connectivity index (χ4v) is 3.14. The fourth-order valence-electron chi connectivity index (χ4n) is 2.08. The van der Waals surface area contributed by atoms with Gasteiger partial charge in [-0.15, -0.1) is 0 Å². The molecule has 0 heterocycles. The SMILES string of the molecule is CC(=O)c1ccc(NS(=O)[O-])c(COc2ccccc2S(C)=O)c1. The van der Waals surface area contributed by atoms with Crippen molar-refractivity contribution < 1.29 is 22.5 Å². The largest absolute Gasteiger partial charge is 0.755 e. The van der Waals surface area contributed by atoms with E-state index >= 15 is 0 Å². The molecule has 0 aromatic heterocycles. The molecule has 0 radical (unpaired) electrons. The number of benzene rings is 2. The summed E-state index contributed by atoms with van der Waals surface area (Å²) in [5.41, 5.74) is 1.27. The number of rotatable bonds is 7. The molecule has 1 N–H and O–H groups in total. The summed E-state index contributed by atoms with van der Waals surface area (Å²) in [5.74, 6) is 0.307. The molecule has 2 aromatic carbocycles. The first kappa shape index (κ1) is 18.3. The van der Waals surface area contributed by atoms with Gasteiger partial charge < -0.3 is 14.0 Å². The summed E-state index contributed by atoms with van der Waals surface area (Å²) in [6.45, 7) is 1.45. The lowest BCUT2D eigenvalue weighted by atomic mass is 10.1. The number of anilines is 1. The molecule has 2 atom stereocenters. The third-order valence-electron chi connectivity index (χ3n) is 3.25. The number of hydrogen-bond donors (Lipinski definition) is 1. The molecular formula is C16H16NO5S2-. The van der Waals surface area contributed by atoms with Gasteiger partial charge in [-0.1, -0.05) is 12.1 Å². The number of carbonyl (C=O) groups is 1. The number of nitrogens with one attached hydrogen (secondary N) is 1. The molecule has 24 heavy (non-hydrogen) atoms. The minimum Gasteiger partial charge on any atom is -0.755 e. The van der Waals surface area contributed by atoms with Crippen LogP contribution in [-0.2, 0) is 28.7 Å². The third kappa shape index (κ3) is 4.73. The molecule has 2 aromatic rings. The second-order valence-electron chi connectivity index (χ2n) is 4.95. The Hall–Kier alpha value is -2.03. The van der Waals surface area contributed by atoms with Gasteiger partial charge >= 0.3 is 0 Å². The van der Waals surface area contributed by atoms with Crippen molar-refractivity contribution in [2.45, 2.75) is 18.4 Å². The minimum atomic E-state index is -2.49. The lowest BCUT2D eigenvalue weighted by Crippen LogP contribution is -2.08. The first-order chi connectivity index (χ1) is 11.4. The van der Waals surface area contributed by atoms with Gasteiger partial charge in [-0.3, -0.25) is 13.2 Å². The molecule has 0 saturated carbocycles. The first-order valence-corrected chi connectivity index (χ1v) is 9.57. The van der Waals surface area contributed by atoms with Crippen LogP contribution in [0.3, 0.4) is 0 Å². The Morgan fingerprint density at radius 2 is 1.92 bits per heavy atom. The van der Waals surface area contributed by atoms with Gasteiger partial charge in [0.25, 0.3) is 0 Å². The Labute approximate surface area is 145 Å². The van der Waals surface area contributed by atoms with Gasteiger partial charge in [0.2, 0.25) is 0 Å². The Kier molecular flexibility index (Phi) is 6.24. The molecule has 2 unspecified atom stereocenters. The fraction of sp³-hybridized carbons (Fsp3) is 0.188. The van der Waals surface area contributed by atoms with E-state index in [0.29, 0.717) is 27.5 Å². The lowest BCUT2D eigenvalue weighted by Gasteiger charge is -2.16. The second-order valence-corrected chi connectivity index (χ2v) is 6.98. The van der Waals surface area contributed by atoms with E-state index in [2.05, 4.69) is 4.72 Å². The van der Waals surface area contributed by atoms with Gasteiger partial charge in [-0.25, -0.2) is 0 Å². The van der Waals surface area contributed by atoms with E-state index in [4.69, 9.17) is 4.74 Å². The van der Waals surface area contributed by atoms with E-state index in [1.165, 1.54) is 19.1 Å². The van der Waals surface area contributed by atoms with Crippen molar-refractivity contribution in [2.75, 3.05) is 11.0 Å². The van der Waals surface area contributed by atoms with Crippen molar-refractivity contribution in [1.82, 2.24) is 0 Å². The van der Waals surface area contributed by atoms with Crippen molar-refractivity contribution in [3.63, 3.8) is 0 Å². The maximum atomic E-state index is 11.7. The molecule has 0 bridgehead atoms. The maximum absolute atomic E-state index is 11.7. The molecule has 0 aliphatic carbocycles. The van der Waals surface area contributed by atoms with E-state index < -0.39 is 22.1 Å². The van der Waals surface area contributed by atoms with E-state index in [0.717, 1.165) is 0 Å². The van der Waals surface area contributed by atoms with Gasteiger partial charge in [0.15, 0.2) is 5.78 Å². The van der Waals surface area contributed by atoms with E-state index in [1.54, 1.807) is 36.6 Å². The van der Waals surface area contributed by atoms with Crippen LogP contribution in [0.1, 0.15) is 22.8 Å². The van der Waals surface area contributed by atoms with Crippen LogP contribution in [0.4, 0.5) is 5.69 Å². The molecule has 0 amide bonds. The normalized spacial score (nSPS) is 13.1. The summed E-state index contributed by atoms with van der Waals surface area (Å²) in [4.78, 5) is 12.1. The van der Waals surface area contributed by atoms with Crippen molar-refractivity contribution >= 4 is 33.5 Å². The molecule has 0 fully saturated rings. The molecule has 2 rings (SSSR count). The standard InChI is InChI=1S/C16H17NO5S2/c1-11(18)12-7-8-14(17-24(20)21)13(9-12)10-22-15-5-3-4-6-16(15)23(2)19/h3-9,17H,10H2,1-2H3,(H,20,21)/p-1. The highest BCUT2D eigenvalue weighted by Crippen LogP contribution is 2.25. The zero-order chi connectivity index (χ0) is 17.7. The number of Topliss-reactive ketones (excluding diaryl/α,β-unsaturated/α-hetero) is 1. The van der Waals surface area contributed by atoms with Gasteiger partial charge in [0, 0.05) is 28.6 Å². The molecule has 0 saturated heterocycles. The first-order valence-electron chi connectivity index (χ1n) is 6.93. The van der Waals surface area contributed by atoms with Crippen LogP contribution < -0.4 is 9.46 Å². The number of hydrogen-bond acceptors (Lipinski definition) is 5. The monoisotopic (exact) mass is 366 g/mol. The maximum Gasteiger partial charge on any atom is 0.159 e. The number of ether oxygens (including phenoxy) is 1. The predicted molar refractivity (Wildman–Crippen MR) is 92.1 cm³/mol. The zero-order valence-electron chi connectivity index (χ0n) is 13.1. The summed E-state index contributed by atoms with van der Waals surface area (Å²) in [6, 6.07) is 11.5. The summed E-state index contributed by atoms with van der Waals surface area (Å²) in [6.07, 6.45) is 1.55. The van der Waals surface area contributed by atoms with E-state index in [1.807, 2.05) is 0 Å². The molecule has 0 aliphatic heterocycles. The molecule has 0 aliphatic rings. The van der Waals surface area contributed by atoms with E-state index in [-0.39, 0.29) is 12.4 Å². The Morgan fingerprint density at radius 1 is 1.21 bits per heavy atom. The van der Waals surface area contributed by atoms with Crippen LogP contribution in [-0.4, -0.2) is 25.0 Å². The lowest BCUT2D eigenvalue weighted by molar-refractivity contribution is 0.101.